The predicted molar refractivity (Wildman–Crippen MR) is 93.1 cm³/mol. The third kappa shape index (κ3) is 3.54. The highest BCUT2D eigenvalue weighted by molar-refractivity contribution is 7.71. The molecule has 2 N–H and O–H groups in total. The molecule has 0 unspecified atom stereocenters. The molecule has 8 heteroatoms. The topological polar surface area (TPSA) is 75.6 Å². The van der Waals surface area contributed by atoms with Gasteiger partial charge in [0, 0.05) is 16.6 Å². The van der Waals surface area contributed by atoms with E-state index in [0.717, 1.165) is 16.0 Å². The first-order valence-corrected chi connectivity index (χ1v) is 8.20. The lowest BCUT2D eigenvalue weighted by atomic mass is 10.1. The van der Waals surface area contributed by atoms with Crippen molar-refractivity contribution in [2.45, 2.75) is 20.4 Å². The molecule has 0 aliphatic carbocycles. The van der Waals surface area contributed by atoms with Gasteiger partial charge in [-0.15, -0.1) is 11.3 Å². The number of rotatable bonds is 4. The van der Waals surface area contributed by atoms with Crippen molar-refractivity contribution in [2.75, 3.05) is 5.32 Å². The Kier molecular flexibility index (Phi) is 4.35. The molecule has 0 aliphatic heterocycles. The van der Waals surface area contributed by atoms with Crippen LogP contribution in [0.1, 0.15) is 10.4 Å². The van der Waals surface area contributed by atoms with Crippen LogP contribution >= 0.6 is 23.6 Å². The number of aryl methyl sites for hydroxylation is 2. The molecule has 3 rings (SSSR count). The number of nitrogens with one attached hydrogen (secondary N) is 2. The number of hydrogen-bond donors (Lipinski definition) is 2. The molecule has 0 spiro atoms. The number of benzene rings is 1. The number of aromatic amines is 1. The molecule has 1 aromatic carbocycles. The molecule has 1 amide bonds. The summed E-state index contributed by atoms with van der Waals surface area (Å²) in [6.07, 6.45) is 1.72. The minimum absolute atomic E-state index is 0.0806. The molecule has 118 valence electrons. The lowest BCUT2D eigenvalue weighted by molar-refractivity contribution is -0.116. The van der Waals surface area contributed by atoms with Gasteiger partial charge in [-0.3, -0.25) is 14.5 Å². The van der Waals surface area contributed by atoms with E-state index >= 15 is 0 Å². The van der Waals surface area contributed by atoms with Crippen molar-refractivity contribution in [3.63, 3.8) is 0 Å². The first kappa shape index (κ1) is 15.6. The number of H-pyrrole nitrogens is 1. The van der Waals surface area contributed by atoms with Crippen molar-refractivity contribution < 1.29 is 4.79 Å². The average molecular weight is 345 g/mol. The summed E-state index contributed by atoms with van der Waals surface area (Å²) in [4.78, 5) is 17.4. The fraction of sp³-hybridized carbons (Fsp3) is 0.200. The maximum absolute atomic E-state index is 12.2. The van der Waals surface area contributed by atoms with Crippen molar-refractivity contribution in [1.29, 1.82) is 0 Å². The summed E-state index contributed by atoms with van der Waals surface area (Å²) in [6, 6.07) is 7.90. The fourth-order valence-corrected chi connectivity index (χ4v) is 3.06. The summed E-state index contributed by atoms with van der Waals surface area (Å²) in [5, 5.41) is 10.4. The van der Waals surface area contributed by atoms with E-state index in [9.17, 15) is 4.79 Å². The third-order valence-corrected chi connectivity index (χ3v) is 4.34. The van der Waals surface area contributed by atoms with E-state index in [1.54, 1.807) is 10.8 Å². The smallest absolute Gasteiger partial charge is 0.246 e. The van der Waals surface area contributed by atoms with E-state index in [4.69, 9.17) is 12.2 Å². The Morgan fingerprint density at radius 3 is 2.96 bits per heavy atom. The maximum atomic E-state index is 12.2. The zero-order valence-corrected chi connectivity index (χ0v) is 14.3. The molecular weight excluding hydrogens is 330 g/mol. The van der Waals surface area contributed by atoms with Gasteiger partial charge in [-0.25, -0.2) is 4.98 Å². The van der Waals surface area contributed by atoms with Gasteiger partial charge in [0.25, 0.3) is 0 Å². The molecule has 0 atom stereocenters. The highest BCUT2D eigenvalue weighted by Gasteiger charge is 2.13. The van der Waals surface area contributed by atoms with Crippen LogP contribution in [0.25, 0.3) is 11.4 Å². The third-order valence-electron chi connectivity index (χ3n) is 3.20. The second kappa shape index (κ2) is 6.43. The van der Waals surface area contributed by atoms with Gasteiger partial charge in [-0.2, -0.15) is 5.10 Å². The number of nitrogens with zero attached hydrogens (tertiary/aromatic N) is 3. The van der Waals surface area contributed by atoms with Crippen LogP contribution in [0.4, 0.5) is 5.13 Å². The predicted octanol–water partition coefficient (Wildman–Crippen LogP) is 3.32. The Morgan fingerprint density at radius 1 is 1.43 bits per heavy atom. The molecule has 23 heavy (non-hydrogen) atoms. The summed E-state index contributed by atoms with van der Waals surface area (Å²) in [7, 11) is 0. The van der Waals surface area contributed by atoms with Crippen molar-refractivity contribution in [3.05, 3.63) is 45.7 Å². The number of carbonyl (C=O) groups is 1. The Bertz CT molecular complexity index is 908. The standard InChI is InChI=1S/C15H15N5OS2/c1-9-4-3-5-11(6-9)13-18-19-15(22)20(13)8-12(21)17-14-16-7-10(2)23-14/h3-7H,8H2,1-2H3,(H,19,22)(H,16,17,21). The van der Waals surface area contributed by atoms with Crippen LogP contribution < -0.4 is 5.32 Å². The molecule has 6 nitrogen and oxygen atoms in total. The zero-order chi connectivity index (χ0) is 16.4. The number of amides is 1. The van der Waals surface area contributed by atoms with Crippen molar-refractivity contribution in [3.8, 4) is 11.4 Å². The number of thiazole rings is 1. The van der Waals surface area contributed by atoms with Gasteiger partial charge >= 0.3 is 0 Å². The Morgan fingerprint density at radius 2 is 2.26 bits per heavy atom. The van der Waals surface area contributed by atoms with E-state index in [-0.39, 0.29) is 12.5 Å². The van der Waals surface area contributed by atoms with E-state index in [1.165, 1.54) is 11.3 Å². The molecule has 0 saturated heterocycles. The quantitative estimate of drug-likeness (QED) is 0.711. The summed E-state index contributed by atoms with van der Waals surface area (Å²) in [5.41, 5.74) is 2.03. The van der Waals surface area contributed by atoms with E-state index < -0.39 is 0 Å². The SMILES string of the molecule is Cc1cccc(-c2n[nH]c(=S)n2CC(=O)Nc2ncc(C)s2)c1. The lowest BCUT2D eigenvalue weighted by Crippen LogP contribution is -2.19. The molecule has 0 radical (unpaired) electrons. The van der Waals surface area contributed by atoms with Crippen molar-refractivity contribution >= 4 is 34.6 Å². The normalized spacial score (nSPS) is 10.7. The number of aromatic nitrogens is 4. The summed E-state index contributed by atoms with van der Waals surface area (Å²) in [6.45, 7) is 4.03. The Balaban J connectivity index is 1.84. The van der Waals surface area contributed by atoms with Crippen molar-refractivity contribution in [1.82, 2.24) is 19.7 Å². The molecular formula is C15H15N5OS2. The average Bonchev–Trinajstić information content (AvgIpc) is 3.06. The van der Waals surface area contributed by atoms with Gasteiger partial charge in [-0.05, 0) is 32.1 Å². The van der Waals surface area contributed by atoms with Gasteiger partial charge in [-0.1, -0.05) is 23.8 Å². The van der Waals surface area contributed by atoms with Gasteiger partial charge in [0.1, 0.15) is 6.54 Å². The number of anilines is 1. The summed E-state index contributed by atoms with van der Waals surface area (Å²) in [5.74, 6) is 0.454. The van der Waals surface area contributed by atoms with Gasteiger partial charge < -0.3 is 5.32 Å². The lowest BCUT2D eigenvalue weighted by Gasteiger charge is -2.07. The molecule has 0 fully saturated rings. The zero-order valence-electron chi connectivity index (χ0n) is 12.7. The van der Waals surface area contributed by atoms with Crippen LogP contribution in [0.3, 0.4) is 0 Å². The summed E-state index contributed by atoms with van der Waals surface area (Å²) >= 11 is 6.68. The first-order valence-electron chi connectivity index (χ1n) is 6.97. The summed E-state index contributed by atoms with van der Waals surface area (Å²) < 4.78 is 2.09. The van der Waals surface area contributed by atoms with Crippen LogP contribution in [0.5, 0.6) is 0 Å². The van der Waals surface area contributed by atoms with Crippen LogP contribution in [-0.2, 0) is 11.3 Å². The minimum atomic E-state index is -0.189. The molecule has 2 aromatic heterocycles. The largest absolute Gasteiger partial charge is 0.300 e. The van der Waals surface area contributed by atoms with E-state index in [0.29, 0.717) is 15.7 Å². The first-order chi connectivity index (χ1) is 11.0. The fourth-order valence-electron chi connectivity index (χ4n) is 2.18. The monoisotopic (exact) mass is 345 g/mol. The van der Waals surface area contributed by atoms with Gasteiger partial charge in [0.2, 0.25) is 5.91 Å². The highest BCUT2D eigenvalue weighted by atomic mass is 32.1. The van der Waals surface area contributed by atoms with E-state index in [2.05, 4.69) is 20.5 Å². The number of hydrogen-bond acceptors (Lipinski definition) is 5. The minimum Gasteiger partial charge on any atom is -0.300 e. The van der Waals surface area contributed by atoms with Gasteiger partial charge in [0.05, 0.1) is 0 Å². The van der Waals surface area contributed by atoms with Crippen LogP contribution in [-0.4, -0.2) is 25.7 Å². The maximum Gasteiger partial charge on any atom is 0.246 e. The van der Waals surface area contributed by atoms with Crippen molar-refractivity contribution in [2.24, 2.45) is 0 Å². The molecule has 3 aromatic rings. The number of carbonyl (C=O) groups excluding carboxylic acids is 1. The van der Waals surface area contributed by atoms with Crippen LogP contribution in [0, 0.1) is 18.6 Å². The second-order valence-corrected chi connectivity index (χ2v) is 6.75. The molecule has 2 heterocycles. The second-order valence-electron chi connectivity index (χ2n) is 5.13. The molecule has 0 bridgehead atoms. The molecule has 0 aliphatic rings. The Labute approximate surface area is 142 Å². The van der Waals surface area contributed by atoms with Crippen LogP contribution in [0.15, 0.2) is 30.5 Å². The van der Waals surface area contributed by atoms with Gasteiger partial charge in [0.15, 0.2) is 15.7 Å². The molecule has 0 saturated carbocycles. The van der Waals surface area contributed by atoms with E-state index in [1.807, 2.05) is 38.1 Å². The Hall–Kier alpha value is -2.32. The van der Waals surface area contributed by atoms with Crippen LogP contribution in [0.2, 0.25) is 0 Å². The highest BCUT2D eigenvalue weighted by Crippen LogP contribution is 2.19.